The first-order valence-electron chi connectivity index (χ1n) is 12.5. The molecule has 1 aliphatic carbocycles. The zero-order chi connectivity index (χ0) is 19.7. The first-order chi connectivity index (χ1) is 13.1. The van der Waals surface area contributed by atoms with Crippen LogP contribution in [0.2, 0.25) is 0 Å². The molecule has 0 N–H and O–H groups in total. The van der Waals surface area contributed by atoms with Gasteiger partial charge < -0.3 is 4.74 Å². The van der Waals surface area contributed by atoms with Crippen molar-refractivity contribution in [2.75, 3.05) is 6.61 Å². The molecule has 1 saturated heterocycles. The first-order valence-corrected chi connectivity index (χ1v) is 12.5. The van der Waals surface area contributed by atoms with Crippen LogP contribution < -0.4 is 0 Å². The van der Waals surface area contributed by atoms with E-state index < -0.39 is 0 Å². The number of unbranched alkanes of at least 4 members (excludes halogenated alkanes) is 5. The molecule has 2 aliphatic rings. The van der Waals surface area contributed by atoms with Crippen molar-refractivity contribution in [2.24, 2.45) is 11.8 Å². The minimum atomic E-state index is 0.274. The van der Waals surface area contributed by atoms with Gasteiger partial charge in [0.15, 0.2) is 0 Å². The second-order valence-electron chi connectivity index (χ2n) is 9.43. The highest BCUT2D eigenvalue weighted by Gasteiger charge is 2.51. The van der Waals surface area contributed by atoms with Gasteiger partial charge in [-0.3, -0.25) is 4.90 Å². The lowest BCUT2D eigenvalue weighted by Gasteiger charge is -2.60. The Morgan fingerprint density at radius 1 is 0.926 bits per heavy atom. The average molecular weight is 380 g/mol. The molecule has 0 spiro atoms. The summed E-state index contributed by atoms with van der Waals surface area (Å²) >= 11 is 0. The van der Waals surface area contributed by atoms with Crippen molar-refractivity contribution >= 4 is 0 Å². The van der Waals surface area contributed by atoms with Crippen LogP contribution in [0.3, 0.4) is 0 Å². The lowest BCUT2D eigenvalue weighted by atomic mass is 9.63. The van der Waals surface area contributed by atoms with E-state index in [4.69, 9.17) is 4.74 Å². The fourth-order valence-electron chi connectivity index (χ4n) is 6.52. The molecule has 0 amide bonds. The van der Waals surface area contributed by atoms with E-state index in [0.29, 0.717) is 5.54 Å². The number of rotatable bonds is 12. The van der Waals surface area contributed by atoms with Crippen LogP contribution in [-0.4, -0.2) is 29.3 Å². The van der Waals surface area contributed by atoms with Crippen molar-refractivity contribution < 1.29 is 4.74 Å². The zero-order valence-corrected chi connectivity index (χ0v) is 19.3. The third-order valence-electron chi connectivity index (χ3n) is 7.98. The lowest BCUT2D eigenvalue weighted by Crippen LogP contribution is -2.65. The van der Waals surface area contributed by atoms with Crippen LogP contribution in [0.5, 0.6) is 0 Å². The van der Waals surface area contributed by atoms with Gasteiger partial charge in [-0.15, -0.1) is 0 Å². The van der Waals surface area contributed by atoms with Crippen LogP contribution in [0, 0.1) is 11.8 Å². The van der Waals surface area contributed by atoms with E-state index in [-0.39, 0.29) is 6.23 Å². The summed E-state index contributed by atoms with van der Waals surface area (Å²) < 4.78 is 6.19. The van der Waals surface area contributed by atoms with E-state index in [0.717, 1.165) is 24.5 Å². The van der Waals surface area contributed by atoms with Crippen molar-refractivity contribution in [3.8, 4) is 0 Å². The van der Waals surface area contributed by atoms with Crippen molar-refractivity contribution in [1.29, 1.82) is 0 Å². The molecule has 0 radical (unpaired) electrons. The average Bonchev–Trinajstić information content (AvgIpc) is 2.70. The van der Waals surface area contributed by atoms with Crippen LogP contribution in [0.4, 0.5) is 0 Å². The highest BCUT2D eigenvalue weighted by atomic mass is 16.5. The van der Waals surface area contributed by atoms with Crippen LogP contribution in [-0.2, 0) is 4.74 Å². The number of nitrogens with zero attached hydrogens (tertiary/aromatic N) is 1. The predicted molar refractivity (Wildman–Crippen MR) is 118 cm³/mol. The summed E-state index contributed by atoms with van der Waals surface area (Å²) in [5.74, 6) is 1.87. The molecular formula is C25H49NO. The molecule has 2 nitrogen and oxygen atoms in total. The van der Waals surface area contributed by atoms with Crippen LogP contribution >= 0.6 is 0 Å². The number of fused-ring (bicyclic) bond motifs is 1. The van der Waals surface area contributed by atoms with Gasteiger partial charge in [0.2, 0.25) is 0 Å². The van der Waals surface area contributed by atoms with Gasteiger partial charge in [0, 0.05) is 18.2 Å². The second kappa shape index (κ2) is 11.8. The molecule has 4 unspecified atom stereocenters. The Labute approximate surface area is 170 Å². The lowest BCUT2D eigenvalue weighted by molar-refractivity contribution is -0.177. The molecule has 160 valence electrons. The normalized spacial score (nSPS) is 29.4. The summed E-state index contributed by atoms with van der Waals surface area (Å²) in [5.41, 5.74) is 0.361. The molecule has 0 aromatic carbocycles. The molecule has 0 bridgehead atoms. The fourth-order valence-corrected chi connectivity index (χ4v) is 6.52. The third kappa shape index (κ3) is 5.72. The van der Waals surface area contributed by atoms with Crippen LogP contribution in [0.1, 0.15) is 125 Å². The van der Waals surface area contributed by atoms with Gasteiger partial charge in [0.1, 0.15) is 6.23 Å². The molecule has 0 aromatic rings. The molecular weight excluding hydrogens is 330 g/mol. The van der Waals surface area contributed by atoms with Gasteiger partial charge in [0.05, 0.1) is 0 Å². The molecule has 2 heteroatoms. The molecule has 1 saturated carbocycles. The molecule has 1 aliphatic heterocycles. The van der Waals surface area contributed by atoms with Gasteiger partial charge in [-0.1, -0.05) is 78.6 Å². The van der Waals surface area contributed by atoms with E-state index in [1.54, 1.807) is 0 Å². The Morgan fingerprint density at radius 3 is 2.26 bits per heavy atom. The Balaban J connectivity index is 2.08. The molecule has 27 heavy (non-hydrogen) atoms. The van der Waals surface area contributed by atoms with Crippen molar-refractivity contribution in [1.82, 2.24) is 4.90 Å². The maximum absolute atomic E-state index is 6.19. The van der Waals surface area contributed by atoms with Crippen molar-refractivity contribution in [3.05, 3.63) is 0 Å². The van der Waals surface area contributed by atoms with Crippen LogP contribution in [0.25, 0.3) is 0 Å². The summed E-state index contributed by atoms with van der Waals surface area (Å²) in [6.07, 6.45) is 20.0. The maximum Gasteiger partial charge on any atom is 0.108 e. The molecule has 4 atom stereocenters. The summed E-state index contributed by atoms with van der Waals surface area (Å²) in [6.45, 7) is 12.5. The monoisotopic (exact) mass is 379 g/mol. The van der Waals surface area contributed by atoms with Gasteiger partial charge in [-0.2, -0.15) is 0 Å². The summed E-state index contributed by atoms with van der Waals surface area (Å²) in [6, 6.07) is 0.763. The SMILES string of the molecule is CCCCCCCCC1CC(CC)(CC)N(C(C)OCC)C2CCCCC12. The Kier molecular flexibility index (Phi) is 10.1. The minimum absolute atomic E-state index is 0.274. The minimum Gasteiger partial charge on any atom is -0.364 e. The molecule has 2 fully saturated rings. The number of likely N-dealkylation sites (tertiary alicyclic amines) is 1. The second-order valence-corrected chi connectivity index (χ2v) is 9.43. The highest BCUT2D eigenvalue weighted by molar-refractivity contribution is 5.04. The standard InChI is InChI=1S/C25H49NO/c1-6-10-11-12-13-14-17-22-20-25(7-2,8-3)26(21(5)27-9-4)24-19-16-15-18-23(22)24/h21-24H,6-20H2,1-5H3. The number of hydrogen-bond donors (Lipinski definition) is 0. The Hall–Kier alpha value is -0.0800. The van der Waals surface area contributed by atoms with E-state index in [9.17, 15) is 0 Å². The first kappa shape index (κ1) is 23.2. The van der Waals surface area contributed by atoms with Gasteiger partial charge >= 0.3 is 0 Å². The van der Waals surface area contributed by atoms with Gasteiger partial charge in [-0.05, 0) is 57.8 Å². The van der Waals surface area contributed by atoms with Gasteiger partial charge in [0.25, 0.3) is 0 Å². The van der Waals surface area contributed by atoms with E-state index >= 15 is 0 Å². The molecule has 0 aromatic heterocycles. The Morgan fingerprint density at radius 2 is 1.59 bits per heavy atom. The van der Waals surface area contributed by atoms with E-state index in [1.807, 2.05) is 0 Å². The van der Waals surface area contributed by atoms with Crippen molar-refractivity contribution in [3.63, 3.8) is 0 Å². The van der Waals surface area contributed by atoms with Crippen LogP contribution in [0.15, 0.2) is 0 Å². The topological polar surface area (TPSA) is 12.5 Å². The fraction of sp³-hybridized carbons (Fsp3) is 1.00. The summed E-state index contributed by atoms with van der Waals surface area (Å²) in [4.78, 5) is 2.87. The number of ether oxygens (including phenoxy) is 1. The van der Waals surface area contributed by atoms with Gasteiger partial charge in [-0.25, -0.2) is 0 Å². The van der Waals surface area contributed by atoms with E-state index in [2.05, 4.69) is 39.5 Å². The third-order valence-corrected chi connectivity index (χ3v) is 7.98. The summed E-state index contributed by atoms with van der Waals surface area (Å²) in [5, 5.41) is 0. The number of piperidine rings is 1. The molecule has 2 rings (SSSR count). The van der Waals surface area contributed by atoms with E-state index in [1.165, 1.54) is 89.9 Å². The largest absolute Gasteiger partial charge is 0.364 e. The highest BCUT2D eigenvalue weighted by Crippen LogP contribution is 2.50. The number of hydrogen-bond acceptors (Lipinski definition) is 2. The van der Waals surface area contributed by atoms with Crippen molar-refractivity contribution in [2.45, 2.75) is 142 Å². The Bertz CT molecular complexity index is 392. The molecule has 1 heterocycles. The maximum atomic E-state index is 6.19. The quantitative estimate of drug-likeness (QED) is 0.324. The zero-order valence-electron chi connectivity index (χ0n) is 19.3. The predicted octanol–water partition coefficient (Wildman–Crippen LogP) is 7.56. The summed E-state index contributed by atoms with van der Waals surface area (Å²) in [7, 11) is 0. The smallest absolute Gasteiger partial charge is 0.108 e.